The molecular weight excluding hydrogens is 392 g/mol. The third-order valence-electron chi connectivity index (χ3n) is 6.10. The minimum atomic E-state index is 0.138. The number of fused-ring (bicyclic) bond motifs is 7. The van der Waals surface area contributed by atoms with E-state index in [1.54, 1.807) is 12.4 Å². The Hall–Kier alpha value is -3.92. The predicted molar refractivity (Wildman–Crippen MR) is 132 cm³/mol. The minimum absolute atomic E-state index is 0.138. The lowest BCUT2D eigenvalue weighted by Gasteiger charge is -2.19. The number of nitrogens with zero attached hydrogens (tertiary/aromatic N) is 4. The molecule has 0 saturated carbocycles. The highest BCUT2D eigenvalue weighted by atomic mass is 14.8. The Balaban J connectivity index is 1.60. The second-order valence-corrected chi connectivity index (χ2v) is 9.25. The van der Waals surface area contributed by atoms with Crippen molar-refractivity contribution in [1.29, 1.82) is 0 Å². The van der Waals surface area contributed by atoms with Crippen molar-refractivity contribution in [1.82, 2.24) is 19.9 Å². The highest BCUT2D eigenvalue weighted by molar-refractivity contribution is 6.21. The van der Waals surface area contributed by atoms with E-state index in [2.05, 4.69) is 73.2 Å². The maximum atomic E-state index is 5.07. The number of benzene rings is 3. The van der Waals surface area contributed by atoms with Crippen LogP contribution in [-0.4, -0.2) is 19.9 Å². The van der Waals surface area contributed by atoms with Gasteiger partial charge in [-0.1, -0.05) is 51.1 Å². The summed E-state index contributed by atoms with van der Waals surface area (Å²) in [4.78, 5) is 19.3. The Morgan fingerprint density at radius 2 is 1.12 bits per heavy atom. The van der Waals surface area contributed by atoms with Gasteiger partial charge >= 0.3 is 0 Å². The second kappa shape index (κ2) is 6.79. The molecule has 0 saturated heterocycles. The average molecular weight is 415 g/mol. The molecule has 154 valence electrons. The number of hydrogen-bond acceptors (Lipinski definition) is 4. The first-order chi connectivity index (χ1) is 15.5. The molecule has 3 aromatic carbocycles. The summed E-state index contributed by atoms with van der Waals surface area (Å²) < 4.78 is 0. The van der Waals surface area contributed by atoms with E-state index in [9.17, 15) is 0 Å². The van der Waals surface area contributed by atoms with Gasteiger partial charge in [-0.25, -0.2) is 9.97 Å². The van der Waals surface area contributed by atoms with Gasteiger partial charge in [-0.3, -0.25) is 9.97 Å². The van der Waals surface area contributed by atoms with Gasteiger partial charge in [0, 0.05) is 23.2 Å². The summed E-state index contributed by atoms with van der Waals surface area (Å²) in [5.74, 6) is 0. The van der Waals surface area contributed by atoms with Gasteiger partial charge in [0.25, 0.3) is 0 Å². The Labute approximate surface area is 186 Å². The number of aromatic nitrogens is 4. The molecule has 0 amide bonds. The van der Waals surface area contributed by atoms with Gasteiger partial charge in [-0.05, 0) is 58.5 Å². The molecule has 6 aromatic rings. The zero-order valence-corrected chi connectivity index (χ0v) is 18.3. The molecule has 0 fully saturated rings. The van der Waals surface area contributed by atoms with Crippen LogP contribution in [0.4, 0.5) is 0 Å². The third-order valence-corrected chi connectivity index (χ3v) is 6.10. The van der Waals surface area contributed by atoms with Crippen LogP contribution in [0.3, 0.4) is 0 Å². The Morgan fingerprint density at radius 1 is 0.562 bits per heavy atom. The van der Waals surface area contributed by atoms with Crippen molar-refractivity contribution in [2.45, 2.75) is 26.2 Å². The van der Waals surface area contributed by atoms with Crippen LogP contribution in [-0.2, 0) is 5.41 Å². The van der Waals surface area contributed by atoms with Crippen molar-refractivity contribution in [2.75, 3.05) is 0 Å². The molecule has 0 N–H and O–H groups in total. The maximum Gasteiger partial charge on any atom is 0.0996 e. The number of rotatable bonds is 1. The summed E-state index contributed by atoms with van der Waals surface area (Å²) in [5.41, 5.74) is 8.98. The molecule has 3 heterocycles. The van der Waals surface area contributed by atoms with Gasteiger partial charge in [0.2, 0.25) is 0 Å². The number of pyridine rings is 2. The van der Waals surface area contributed by atoms with Gasteiger partial charge in [-0.2, -0.15) is 0 Å². The molecule has 0 bridgehead atoms. The molecule has 0 radical (unpaired) electrons. The fourth-order valence-electron chi connectivity index (χ4n) is 4.34. The average Bonchev–Trinajstić information content (AvgIpc) is 2.82. The SMILES string of the molecule is CC(C)(C)c1ccc(-c2ccc3nc4c5cccnc5c5ncccc5c4nc3c2)cc1. The van der Waals surface area contributed by atoms with Gasteiger partial charge in [0.15, 0.2) is 0 Å². The van der Waals surface area contributed by atoms with Gasteiger partial charge < -0.3 is 0 Å². The van der Waals surface area contributed by atoms with Crippen LogP contribution in [0.1, 0.15) is 26.3 Å². The van der Waals surface area contributed by atoms with Gasteiger partial charge in [0.1, 0.15) is 0 Å². The van der Waals surface area contributed by atoms with Crippen LogP contribution in [0.2, 0.25) is 0 Å². The fraction of sp³-hybridized carbons (Fsp3) is 0.143. The van der Waals surface area contributed by atoms with E-state index in [-0.39, 0.29) is 5.41 Å². The highest BCUT2D eigenvalue weighted by Crippen LogP contribution is 2.33. The molecule has 32 heavy (non-hydrogen) atoms. The zero-order valence-electron chi connectivity index (χ0n) is 18.3. The summed E-state index contributed by atoms with van der Waals surface area (Å²) in [6, 6.07) is 23.1. The van der Waals surface area contributed by atoms with E-state index in [0.29, 0.717) is 0 Å². The largest absolute Gasteiger partial charge is 0.254 e. The molecule has 3 aromatic heterocycles. The van der Waals surface area contributed by atoms with Gasteiger partial charge in [-0.15, -0.1) is 0 Å². The number of hydrogen-bond donors (Lipinski definition) is 0. The van der Waals surface area contributed by atoms with E-state index >= 15 is 0 Å². The molecule has 0 atom stereocenters. The van der Waals surface area contributed by atoms with E-state index in [1.165, 1.54) is 11.1 Å². The molecule has 0 spiro atoms. The first kappa shape index (κ1) is 18.8. The summed E-state index contributed by atoms with van der Waals surface area (Å²) >= 11 is 0. The van der Waals surface area contributed by atoms with Crippen molar-refractivity contribution in [3.8, 4) is 11.1 Å². The highest BCUT2D eigenvalue weighted by Gasteiger charge is 2.15. The summed E-state index contributed by atoms with van der Waals surface area (Å²) in [6.45, 7) is 6.70. The van der Waals surface area contributed by atoms with Crippen LogP contribution in [0, 0.1) is 0 Å². The minimum Gasteiger partial charge on any atom is -0.254 e. The second-order valence-electron chi connectivity index (χ2n) is 9.25. The van der Waals surface area contributed by atoms with Crippen LogP contribution in [0.15, 0.2) is 79.1 Å². The Bertz CT molecular complexity index is 1640. The van der Waals surface area contributed by atoms with E-state index in [1.807, 2.05) is 24.3 Å². The standard InChI is InChI=1S/C28H22N4/c1-28(2,3)19-11-8-17(9-12-19)18-10-13-22-23(16-18)32-27-21-7-5-15-30-25(21)24-20(26(27)31-22)6-4-14-29-24/h4-16H,1-3H3. The van der Waals surface area contributed by atoms with Crippen molar-refractivity contribution >= 4 is 43.9 Å². The molecule has 6 rings (SSSR count). The van der Waals surface area contributed by atoms with Crippen LogP contribution < -0.4 is 0 Å². The van der Waals surface area contributed by atoms with Crippen LogP contribution in [0.25, 0.3) is 55.0 Å². The molecule has 4 nitrogen and oxygen atoms in total. The van der Waals surface area contributed by atoms with Crippen molar-refractivity contribution in [2.24, 2.45) is 0 Å². The lowest BCUT2D eigenvalue weighted by Crippen LogP contribution is -2.10. The normalized spacial score (nSPS) is 12.2. The fourth-order valence-corrected chi connectivity index (χ4v) is 4.34. The molecule has 0 unspecified atom stereocenters. The smallest absolute Gasteiger partial charge is 0.0996 e. The lowest BCUT2D eigenvalue weighted by atomic mass is 9.86. The maximum absolute atomic E-state index is 5.07. The lowest BCUT2D eigenvalue weighted by molar-refractivity contribution is 0.590. The molecule has 0 aliphatic heterocycles. The van der Waals surface area contributed by atoms with E-state index in [4.69, 9.17) is 9.97 Å². The first-order valence-electron chi connectivity index (χ1n) is 10.8. The topological polar surface area (TPSA) is 51.6 Å². The first-order valence-corrected chi connectivity index (χ1v) is 10.8. The summed E-state index contributed by atoms with van der Waals surface area (Å²) in [7, 11) is 0. The molecule has 4 heteroatoms. The third kappa shape index (κ3) is 2.91. The molecule has 0 aliphatic carbocycles. The van der Waals surface area contributed by atoms with Gasteiger partial charge in [0.05, 0.1) is 33.1 Å². The molecular formula is C28H22N4. The molecule has 0 aliphatic rings. The Kier molecular flexibility index (Phi) is 3.99. The van der Waals surface area contributed by atoms with Crippen LogP contribution in [0.5, 0.6) is 0 Å². The Morgan fingerprint density at radius 3 is 1.72 bits per heavy atom. The monoisotopic (exact) mass is 414 g/mol. The van der Waals surface area contributed by atoms with Crippen molar-refractivity contribution in [3.05, 3.63) is 84.7 Å². The van der Waals surface area contributed by atoms with Crippen molar-refractivity contribution in [3.63, 3.8) is 0 Å². The van der Waals surface area contributed by atoms with E-state index < -0.39 is 0 Å². The van der Waals surface area contributed by atoms with Crippen molar-refractivity contribution < 1.29 is 0 Å². The summed E-state index contributed by atoms with van der Waals surface area (Å²) in [5, 5.41) is 1.95. The zero-order chi connectivity index (χ0) is 21.9. The van der Waals surface area contributed by atoms with Crippen LogP contribution >= 0.6 is 0 Å². The quantitative estimate of drug-likeness (QED) is 0.218. The summed E-state index contributed by atoms with van der Waals surface area (Å²) in [6.07, 6.45) is 3.60. The van der Waals surface area contributed by atoms with E-state index in [0.717, 1.165) is 49.4 Å². The predicted octanol–water partition coefficient (Wildman–Crippen LogP) is 6.84.